The lowest BCUT2D eigenvalue weighted by atomic mass is 9.92. The highest BCUT2D eigenvalue weighted by Crippen LogP contribution is 2.26. The molecule has 1 rings (SSSR count). The van der Waals surface area contributed by atoms with Crippen LogP contribution in [0.1, 0.15) is 31.2 Å². The van der Waals surface area contributed by atoms with Crippen molar-refractivity contribution in [3.63, 3.8) is 0 Å². The Hall–Kier alpha value is -2.44. The molecule has 0 radical (unpaired) electrons. The van der Waals surface area contributed by atoms with Crippen LogP contribution in [-0.4, -0.2) is 28.6 Å². The molecule has 0 aliphatic rings. The van der Waals surface area contributed by atoms with Gasteiger partial charge >= 0.3 is 11.9 Å². The lowest BCUT2D eigenvalue weighted by Gasteiger charge is -2.14. The summed E-state index contributed by atoms with van der Waals surface area (Å²) in [5.41, 5.74) is 0.477. The number of carboxylic acids is 1. The standard InChI is InChI=1S/C13H15NO6/c1-2-20-13(17)8-10(7-12(15)16)9-3-5-11(6-4-9)14(18)19/h3-6,10H,2,7-8H2,1H3,(H,15,16). The van der Waals surface area contributed by atoms with Crippen LogP contribution < -0.4 is 0 Å². The van der Waals surface area contributed by atoms with Crippen LogP contribution in [0.25, 0.3) is 0 Å². The van der Waals surface area contributed by atoms with E-state index in [1.165, 1.54) is 24.3 Å². The number of rotatable bonds is 7. The highest BCUT2D eigenvalue weighted by atomic mass is 16.6. The summed E-state index contributed by atoms with van der Waals surface area (Å²) in [5, 5.41) is 19.4. The van der Waals surface area contributed by atoms with Crippen LogP contribution in [0.15, 0.2) is 24.3 Å². The molecule has 0 spiro atoms. The summed E-state index contributed by atoms with van der Waals surface area (Å²) in [6.45, 7) is 1.88. The molecule has 1 aromatic carbocycles. The SMILES string of the molecule is CCOC(=O)CC(CC(=O)O)c1ccc([N+](=O)[O-])cc1. The number of esters is 1. The van der Waals surface area contributed by atoms with Gasteiger partial charge in [0.25, 0.3) is 5.69 Å². The van der Waals surface area contributed by atoms with E-state index in [1.54, 1.807) is 6.92 Å². The van der Waals surface area contributed by atoms with Crippen LogP contribution in [0.5, 0.6) is 0 Å². The van der Waals surface area contributed by atoms with Gasteiger partial charge in [-0.15, -0.1) is 0 Å². The van der Waals surface area contributed by atoms with E-state index in [0.29, 0.717) is 5.56 Å². The minimum atomic E-state index is -1.04. The Morgan fingerprint density at radius 2 is 1.90 bits per heavy atom. The molecule has 0 fully saturated rings. The fraction of sp³-hybridized carbons (Fsp3) is 0.385. The van der Waals surface area contributed by atoms with Gasteiger partial charge in [0.05, 0.1) is 24.4 Å². The number of hydrogen-bond donors (Lipinski definition) is 1. The molecule has 7 heteroatoms. The third kappa shape index (κ3) is 4.68. The van der Waals surface area contributed by atoms with Crippen molar-refractivity contribution in [1.82, 2.24) is 0 Å². The maximum Gasteiger partial charge on any atom is 0.306 e. The van der Waals surface area contributed by atoms with Crippen molar-refractivity contribution in [1.29, 1.82) is 0 Å². The number of nitro benzene ring substituents is 1. The molecule has 0 saturated heterocycles. The second kappa shape index (κ2) is 7.22. The zero-order valence-electron chi connectivity index (χ0n) is 10.9. The van der Waals surface area contributed by atoms with E-state index >= 15 is 0 Å². The van der Waals surface area contributed by atoms with E-state index in [2.05, 4.69) is 0 Å². The largest absolute Gasteiger partial charge is 0.481 e. The van der Waals surface area contributed by atoms with Crippen molar-refractivity contribution < 1.29 is 24.4 Å². The Morgan fingerprint density at radius 1 is 1.30 bits per heavy atom. The highest BCUT2D eigenvalue weighted by molar-refractivity contribution is 5.73. The molecule has 0 amide bonds. The van der Waals surface area contributed by atoms with Gasteiger partial charge in [0.15, 0.2) is 0 Å². The molecule has 0 bridgehead atoms. The monoisotopic (exact) mass is 281 g/mol. The third-order valence-corrected chi connectivity index (χ3v) is 2.71. The van der Waals surface area contributed by atoms with Crippen molar-refractivity contribution in [2.45, 2.75) is 25.7 Å². The van der Waals surface area contributed by atoms with Gasteiger partial charge < -0.3 is 9.84 Å². The van der Waals surface area contributed by atoms with E-state index in [4.69, 9.17) is 9.84 Å². The lowest BCUT2D eigenvalue weighted by Crippen LogP contribution is -2.13. The van der Waals surface area contributed by atoms with Crippen molar-refractivity contribution in [2.75, 3.05) is 6.61 Å². The van der Waals surface area contributed by atoms with Gasteiger partial charge in [0, 0.05) is 18.1 Å². The van der Waals surface area contributed by atoms with E-state index in [1.807, 2.05) is 0 Å². The molecule has 0 aromatic heterocycles. The number of nitro groups is 1. The summed E-state index contributed by atoms with van der Waals surface area (Å²) in [6, 6.07) is 5.50. The molecule has 1 N–H and O–H groups in total. The normalized spacial score (nSPS) is 11.7. The van der Waals surface area contributed by atoms with Crippen molar-refractivity contribution in [3.05, 3.63) is 39.9 Å². The Bertz CT molecular complexity index is 496. The molecule has 1 aromatic rings. The second-order valence-electron chi connectivity index (χ2n) is 4.15. The molecule has 0 heterocycles. The number of carboxylic acid groups (broad SMARTS) is 1. The molecule has 7 nitrogen and oxygen atoms in total. The van der Waals surface area contributed by atoms with Crippen LogP contribution in [-0.2, 0) is 14.3 Å². The van der Waals surface area contributed by atoms with E-state index in [0.717, 1.165) is 0 Å². The molecule has 108 valence electrons. The van der Waals surface area contributed by atoms with Crippen molar-refractivity contribution in [3.8, 4) is 0 Å². The lowest BCUT2D eigenvalue weighted by molar-refractivity contribution is -0.384. The number of benzene rings is 1. The van der Waals surface area contributed by atoms with Crippen LogP contribution in [0.2, 0.25) is 0 Å². The van der Waals surface area contributed by atoms with Crippen molar-refractivity contribution in [2.24, 2.45) is 0 Å². The molecule has 0 aliphatic carbocycles. The van der Waals surface area contributed by atoms with Gasteiger partial charge in [0.1, 0.15) is 0 Å². The van der Waals surface area contributed by atoms with Crippen LogP contribution in [0.3, 0.4) is 0 Å². The first-order chi connectivity index (χ1) is 9.43. The first kappa shape index (κ1) is 15.6. The van der Waals surface area contributed by atoms with E-state index < -0.39 is 22.8 Å². The average Bonchev–Trinajstić information content (AvgIpc) is 2.38. The summed E-state index contributed by atoms with van der Waals surface area (Å²) in [6.07, 6.45) is -0.311. The molecule has 1 atom stereocenters. The topological polar surface area (TPSA) is 107 Å². The molecule has 0 saturated carbocycles. The van der Waals surface area contributed by atoms with Crippen LogP contribution >= 0.6 is 0 Å². The first-order valence-corrected chi connectivity index (χ1v) is 6.05. The van der Waals surface area contributed by atoms with Gasteiger partial charge in [0.2, 0.25) is 0 Å². The number of carbonyl (C=O) groups is 2. The van der Waals surface area contributed by atoms with Gasteiger partial charge in [-0.1, -0.05) is 12.1 Å². The summed E-state index contributed by atoms with van der Waals surface area (Å²) < 4.78 is 4.80. The van der Waals surface area contributed by atoms with Crippen LogP contribution in [0.4, 0.5) is 5.69 Å². The zero-order chi connectivity index (χ0) is 15.1. The molecule has 1 unspecified atom stereocenters. The quantitative estimate of drug-likeness (QED) is 0.466. The van der Waals surface area contributed by atoms with Crippen LogP contribution in [0, 0.1) is 10.1 Å². The fourth-order valence-corrected chi connectivity index (χ4v) is 1.81. The number of carbonyl (C=O) groups excluding carboxylic acids is 1. The highest BCUT2D eigenvalue weighted by Gasteiger charge is 2.20. The Labute approximate surface area is 115 Å². The number of non-ortho nitro benzene ring substituents is 1. The van der Waals surface area contributed by atoms with Gasteiger partial charge in [-0.3, -0.25) is 19.7 Å². The predicted octanol–water partition coefficient (Wildman–Crippen LogP) is 2.11. The third-order valence-electron chi connectivity index (χ3n) is 2.71. The number of aliphatic carboxylic acids is 1. The predicted molar refractivity (Wildman–Crippen MR) is 69.3 cm³/mol. The summed E-state index contributed by atoms with van der Waals surface area (Å²) in [5.74, 6) is -2.10. The Morgan fingerprint density at radius 3 is 2.35 bits per heavy atom. The Balaban J connectivity index is 2.89. The Kier molecular flexibility index (Phi) is 5.64. The molecule has 20 heavy (non-hydrogen) atoms. The molecule has 0 aliphatic heterocycles. The average molecular weight is 281 g/mol. The first-order valence-electron chi connectivity index (χ1n) is 6.05. The summed E-state index contributed by atoms with van der Waals surface area (Å²) >= 11 is 0. The maximum absolute atomic E-state index is 11.5. The van der Waals surface area contributed by atoms with E-state index in [9.17, 15) is 19.7 Å². The molecular weight excluding hydrogens is 266 g/mol. The van der Waals surface area contributed by atoms with Gasteiger partial charge in [-0.05, 0) is 12.5 Å². The second-order valence-corrected chi connectivity index (χ2v) is 4.15. The minimum Gasteiger partial charge on any atom is -0.481 e. The zero-order valence-corrected chi connectivity index (χ0v) is 10.9. The summed E-state index contributed by atoms with van der Waals surface area (Å²) in [7, 11) is 0. The smallest absolute Gasteiger partial charge is 0.306 e. The number of ether oxygens (including phenoxy) is 1. The van der Waals surface area contributed by atoms with Crippen molar-refractivity contribution >= 4 is 17.6 Å². The number of nitrogens with zero attached hydrogens (tertiary/aromatic N) is 1. The van der Waals surface area contributed by atoms with Gasteiger partial charge in [-0.25, -0.2) is 0 Å². The summed E-state index contributed by atoms with van der Waals surface area (Å²) in [4.78, 5) is 32.3. The maximum atomic E-state index is 11.5. The molecular formula is C13H15NO6. The number of hydrogen-bond acceptors (Lipinski definition) is 5. The van der Waals surface area contributed by atoms with Gasteiger partial charge in [-0.2, -0.15) is 0 Å². The fourth-order valence-electron chi connectivity index (χ4n) is 1.81. The minimum absolute atomic E-state index is 0.0715. The van der Waals surface area contributed by atoms with E-state index in [-0.39, 0.29) is 25.1 Å².